The Bertz CT molecular complexity index is 525. The zero-order valence-electron chi connectivity index (χ0n) is 14.5. The second-order valence-corrected chi connectivity index (χ2v) is 7.11. The van der Waals surface area contributed by atoms with Gasteiger partial charge in [0, 0.05) is 29.6 Å². The van der Waals surface area contributed by atoms with Crippen molar-refractivity contribution in [2.75, 3.05) is 40.3 Å². The molecule has 1 N–H and O–H groups in total. The number of piperidine rings is 1. The molecule has 0 unspecified atom stereocenters. The van der Waals surface area contributed by atoms with Crippen molar-refractivity contribution in [3.05, 3.63) is 34.6 Å². The van der Waals surface area contributed by atoms with Crippen molar-refractivity contribution in [1.82, 2.24) is 15.1 Å². The first-order valence-corrected chi connectivity index (χ1v) is 8.93. The number of amides is 1. The van der Waals surface area contributed by atoms with Gasteiger partial charge >= 0.3 is 0 Å². The number of nitrogens with one attached hydrogen (secondary N) is 1. The van der Waals surface area contributed by atoms with Gasteiger partial charge in [0.2, 0.25) is 5.91 Å². The Morgan fingerprint density at radius 1 is 1.38 bits per heavy atom. The van der Waals surface area contributed by atoms with E-state index < -0.39 is 0 Å². The fraction of sp³-hybridized carbons (Fsp3) is 0.611. The van der Waals surface area contributed by atoms with E-state index in [1.165, 1.54) is 6.07 Å². The van der Waals surface area contributed by atoms with Crippen molar-refractivity contribution in [1.29, 1.82) is 0 Å². The van der Waals surface area contributed by atoms with Crippen molar-refractivity contribution in [2.45, 2.75) is 25.8 Å². The number of rotatable bonds is 7. The van der Waals surface area contributed by atoms with Crippen LogP contribution in [0.4, 0.5) is 4.39 Å². The van der Waals surface area contributed by atoms with Crippen LogP contribution in [-0.4, -0.2) is 56.0 Å². The molecule has 4 nitrogen and oxygen atoms in total. The predicted molar refractivity (Wildman–Crippen MR) is 95.6 cm³/mol. The average molecular weight is 356 g/mol. The third kappa shape index (κ3) is 5.72. The van der Waals surface area contributed by atoms with Crippen molar-refractivity contribution in [2.24, 2.45) is 5.92 Å². The van der Waals surface area contributed by atoms with E-state index in [4.69, 9.17) is 11.6 Å². The zero-order chi connectivity index (χ0) is 17.5. The Hall–Kier alpha value is -1.17. The Kier molecular flexibility index (Phi) is 7.46. The van der Waals surface area contributed by atoms with E-state index in [0.29, 0.717) is 17.1 Å². The first-order valence-electron chi connectivity index (χ1n) is 8.55. The summed E-state index contributed by atoms with van der Waals surface area (Å²) in [6, 6.07) is 4.77. The zero-order valence-corrected chi connectivity index (χ0v) is 15.3. The molecule has 134 valence electrons. The van der Waals surface area contributed by atoms with Crippen molar-refractivity contribution >= 4 is 17.5 Å². The maximum Gasteiger partial charge on any atom is 0.223 e. The molecule has 0 atom stereocenters. The molecule has 1 aliphatic rings. The minimum absolute atomic E-state index is 0.0664. The number of hydrogen-bond acceptors (Lipinski definition) is 3. The largest absolute Gasteiger partial charge is 0.356 e. The summed E-state index contributed by atoms with van der Waals surface area (Å²) in [4.78, 5) is 16.5. The van der Waals surface area contributed by atoms with E-state index in [0.717, 1.165) is 45.4 Å². The highest BCUT2D eigenvalue weighted by Gasteiger charge is 2.25. The van der Waals surface area contributed by atoms with Gasteiger partial charge in [0.05, 0.1) is 0 Å². The number of carbonyl (C=O) groups excluding carboxylic acids is 1. The third-order valence-electron chi connectivity index (χ3n) is 4.48. The molecule has 24 heavy (non-hydrogen) atoms. The quantitative estimate of drug-likeness (QED) is 0.764. The topological polar surface area (TPSA) is 35.6 Å². The van der Waals surface area contributed by atoms with Crippen molar-refractivity contribution in [3.63, 3.8) is 0 Å². The van der Waals surface area contributed by atoms with Crippen LogP contribution in [0.3, 0.4) is 0 Å². The van der Waals surface area contributed by atoms with Gasteiger partial charge in [0.15, 0.2) is 0 Å². The summed E-state index contributed by atoms with van der Waals surface area (Å²) in [7, 11) is 4.05. The Morgan fingerprint density at radius 3 is 2.71 bits per heavy atom. The van der Waals surface area contributed by atoms with Crippen LogP contribution in [0.25, 0.3) is 0 Å². The number of nitrogens with zero attached hydrogens (tertiary/aromatic N) is 2. The van der Waals surface area contributed by atoms with E-state index in [9.17, 15) is 9.18 Å². The molecule has 1 aromatic rings. The summed E-state index contributed by atoms with van der Waals surface area (Å²) in [6.07, 6.45) is 2.58. The summed E-state index contributed by atoms with van der Waals surface area (Å²) in [5, 5.41) is 3.49. The van der Waals surface area contributed by atoms with Crippen LogP contribution in [0.15, 0.2) is 18.2 Å². The highest BCUT2D eigenvalue weighted by Crippen LogP contribution is 2.24. The van der Waals surface area contributed by atoms with E-state index in [2.05, 4.69) is 15.1 Å². The molecule has 0 aliphatic carbocycles. The fourth-order valence-corrected chi connectivity index (χ4v) is 3.23. The molecule has 0 spiro atoms. The molecule has 0 aromatic heterocycles. The first-order chi connectivity index (χ1) is 11.5. The van der Waals surface area contributed by atoms with Crippen LogP contribution in [-0.2, 0) is 11.3 Å². The summed E-state index contributed by atoms with van der Waals surface area (Å²) in [6.45, 7) is 3.79. The summed E-state index contributed by atoms with van der Waals surface area (Å²) < 4.78 is 13.9. The molecule has 0 radical (unpaired) electrons. The maximum atomic E-state index is 13.9. The number of benzene rings is 1. The molecule has 1 fully saturated rings. The summed E-state index contributed by atoms with van der Waals surface area (Å²) in [5.74, 6) is -0.0442. The molecule has 1 aliphatic heterocycles. The number of likely N-dealkylation sites (tertiary alicyclic amines) is 1. The lowest BCUT2D eigenvalue weighted by molar-refractivity contribution is -0.126. The summed E-state index contributed by atoms with van der Waals surface area (Å²) >= 11 is 6.09. The van der Waals surface area contributed by atoms with Crippen molar-refractivity contribution < 1.29 is 9.18 Å². The van der Waals surface area contributed by atoms with Gasteiger partial charge in [-0.2, -0.15) is 0 Å². The Balaban J connectivity index is 1.74. The van der Waals surface area contributed by atoms with E-state index >= 15 is 0 Å². The molecule has 1 amide bonds. The lowest BCUT2D eigenvalue weighted by Crippen LogP contribution is -2.40. The molecular formula is C18H27ClFN3O. The minimum Gasteiger partial charge on any atom is -0.356 e. The van der Waals surface area contributed by atoms with E-state index in [1.54, 1.807) is 12.1 Å². The van der Waals surface area contributed by atoms with Gasteiger partial charge in [0.25, 0.3) is 0 Å². The van der Waals surface area contributed by atoms with Gasteiger partial charge in [0.1, 0.15) is 5.82 Å². The molecule has 2 rings (SSSR count). The lowest BCUT2D eigenvalue weighted by Gasteiger charge is -2.31. The van der Waals surface area contributed by atoms with Crippen LogP contribution in [0.1, 0.15) is 24.8 Å². The van der Waals surface area contributed by atoms with Gasteiger partial charge in [-0.05, 0) is 65.1 Å². The highest BCUT2D eigenvalue weighted by molar-refractivity contribution is 6.31. The summed E-state index contributed by atoms with van der Waals surface area (Å²) in [5.41, 5.74) is 0.547. The number of halogens is 2. The normalized spacial score (nSPS) is 16.5. The van der Waals surface area contributed by atoms with Gasteiger partial charge in [-0.25, -0.2) is 4.39 Å². The molecule has 1 saturated heterocycles. The number of carbonyl (C=O) groups is 1. The van der Waals surface area contributed by atoms with E-state index in [-0.39, 0.29) is 17.6 Å². The molecule has 1 heterocycles. The minimum atomic E-state index is -0.261. The highest BCUT2D eigenvalue weighted by atomic mass is 35.5. The van der Waals surface area contributed by atoms with Crippen LogP contribution >= 0.6 is 11.6 Å². The molecule has 0 bridgehead atoms. The van der Waals surface area contributed by atoms with Crippen LogP contribution in [0.5, 0.6) is 0 Å². The smallest absolute Gasteiger partial charge is 0.223 e. The van der Waals surface area contributed by atoms with Gasteiger partial charge in [-0.1, -0.05) is 17.7 Å². The second kappa shape index (κ2) is 9.35. The SMILES string of the molecule is CN(C)CCCNC(=O)C1CCN(Cc2c(F)cccc2Cl)CC1. The molecule has 0 saturated carbocycles. The maximum absolute atomic E-state index is 13.9. The predicted octanol–water partition coefficient (Wildman–Crippen LogP) is 2.76. The average Bonchev–Trinajstić information content (AvgIpc) is 2.55. The van der Waals surface area contributed by atoms with E-state index in [1.807, 2.05) is 14.1 Å². The lowest BCUT2D eigenvalue weighted by atomic mass is 9.95. The molecular weight excluding hydrogens is 329 g/mol. The van der Waals surface area contributed by atoms with Crippen LogP contribution in [0, 0.1) is 11.7 Å². The second-order valence-electron chi connectivity index (χ2n) is 6.70. The first kappa shape index (κ1) is 19.2. The fourth-order valence-electron chi connectivity index (χ4n) is 3.01. The van der Waals surface area contributed by atoms with Gasteiger partial charge in [-0.15, -0.1) is 0 Å². The third-order valence-corrected chi connectivity index (χ3v) is 4.84. The Morgan fingerprint density at radius 2 is 2.08 bits per heavy atom. The monoisotopic (exact) mass is 355 g/mol. The van der Waals surface area contributed by atoms with Crippen molar-refractivity contribution in [3.8, 4) is 0 Å². The standard InChI is InChI=1S/C18H27ClFN3O/c1-22(2)10-4-9-21-18(24)14-7-11-23(12-8-14)13-15-16(19)5-3-6-17(15)20/h3,5-6,14H,4,7-13H2,1-2H3,(H,21,24). The molecule has 1 aromatic carbocycles. The Labute approximate surface area is 149 Å². The number of hydrogen-bond donors (Lipinski definition) is 1. The van der Waals surface area contributed by atoms with Crippen LogP contribution in [0.2, 0.25) is 5.02 Å². The van der Waals surface area contributed by atoms with Gasteiger partial charge < -0.3 is 10.2 Å². The molecule has 6 heteroatoms. The van der Waals surface area contributed by atoms with Crippen LogP contribution < -0.4 is 5.32 Å². The van der Waals surface area contributed by atoms with Gasteiger partial charge in [-0.3, -0.25) is 9.69 Å².